The van der Waals surface area contributed by atoms with Crippen molar-refractivity contribution in [2.45, 2.75) is 38.9 Å². The van der Waals surface area contributed by atoms with Crippen LogP contribution in [0.5, 0.6) is 0 Å². The molecule has 9 rings (SSSR count). The molecular formula is C39H30BN3O3S. The first-order valence-corrected chi connectivity index (χ1v) is 16.6. The van der Waals surface area contributed by atoms with Gasteiger partial charge in [-0.05, 0) is 57.4 Å². The molecule has 8 aromatic rings. The van der Waals surface area contributed by atoms with Gasteiger partial charge >= 0.3 is 7.12 Å². The summed E-state index contributed by atoms with van der Waals surface area (Å²) in [5.41, 5.74) is 4.31. The van der Waals surface area contributed by atoms with Crippen LogP contribution < -0.4 is 5.46 Å². The largest absolute Gasteiger partial charge is 0.494 e. The van der Waals surface area contributed by atoms with Crippen LogP contribution in [0.3, 0.4) is 0 Å². The van der Waals surface area contributed by atoms with Crippen LogP contribution in [0, 0.1) is 0 Å². The van der Waals surface area contributed by atoms with E-state index in [0.717, 1.165) is 48.8 Å². The topological polar surface area (TPSA) is 70.3 Å². The highest BCUT2D eigenvalue weighted by atomic mass is 32.1. The van der Waals surface area contributed by atoms with E-state index in [1.165, 1.54) is 15.5 Å². The van der Waals surface area contributed by atoms with Gasteiger partial charge in [-0.15, -0.1) is 11.3 Å². The number of thiophene rings is 1. The Balaban J connectivity index is 1.23. The average Bonchev–Trinajstić information content (AvgIpc) is 3.72. The standard InChI is InChI=1S/C39H30BN3O3S/c1-38(2)39(3,4)46-40(45-38)24-20-21-31-30(22-24)26-15-10-17-28(33(26)44-31)36-41-35(23-12-6-5-7-13-23)42-37(43-36)29-18-11-16-27-25-14-8-9-19-32(25)47-34(27)29/h5-22H,1-4H3. The predicted molar refractivity (Wildman–Crippen MR) is 192 cm³/mol. The molecule has 3 aromatic heterocycles. The third-order valence-corrected chi connectivity index (χ3v) is 10.8. The minimum atomic E-state index is -0.464. The highest BCUT2D eigenvalue weighted by Crippen LogP contribution is 2.41. The number of hydrogen-bond acceptors (Lipinski definition) is 7. The van der Waals surface area contributed by atoms with Gasteiger partial charge in [-0.3, -0.25) is 0 Å². The molecule has 0 amide bonds. The zero-order chi connectivity index (χ0) is 31.9. The summed E-state index contributed by atoms with van der Waals surface area (Å²) in [6, 6.07) is 37.2. The van der Waals surface area contributed by atoms with Crippen LogP contribution >= 0.6 is 11.3 Å². The van der Waals surface area contributed by atoms with E-state index in [4.69, 9.17) is 28.7 Å². The molecule has 0 aliphatic carbocycles. The molecule has 8 heteroatoms. The number of rotatable bonds is 4. The molecule has 4 heterocycles. The molecule has 0 bridgehead atoms. The highest BCUT2D eigenvalue weighted by Gasteiger charge is 2.51. The smallest absolute Gasteiger partial charge is 0.455 e. The summed E-state index contributed by atoms with van der Waals surface area (Å²) in [7, 11) is -0.464. The fourth-order valence-corrected chi connectivity index (χ4v) is 7.59. The van der Waals surface area contributed by atoms with Crippen molar-refractivity contribution in [3.63, 3.8) is 0 Å². The first-order chi connectivity index (χ1) is 22.8. The van der Waals surface area contributed by atoms with E-state index < -0.39 is 18.3 Å². The van der Waals surface area contributed by atoms with Crippen molar-refractivity contribution in [2.24, 2.45) is 0 Å². The SMILES string of the molecule is CC1(C)OB(c2ccc3oc4c(-c5nc(-c6ccccc6)nc(-c6cccc7c6sc6ccccc67)n5)cccc4c3c2)OC1(C)C. The quantitative estimate of drug-likeness (QED) is 0.180. The second-order valence-corrected chi connectivity index (χ2v) is 14.1. The molecule has 1 aliphatic rings. The molecule has 0 N–H and O–H groups in total. The van der Waals surface area contributed by atoms with E-state index in [2.05, 4.69) is 82.3 Å². The molecule has 1 aliphatic heterocycles. The fraction of sp³-hybridized carbons (Fsp3) is 0.154. The monoisotopic (exact) mass is 631 g/mol. The van der Waals surface area contributed by atoms with E-state index in [1.54, 1.807) is 11.3 Å². The Morgan fingerprint density at radius 3 is 2.00 bits per heavy atom. The van der Waals surface area contributed by atoms with Gasteiger partial charge in [0.2, 0.25) is 0 Å². The van der Waals surface area contributed by atoms with Crippen molar-refractivity contribution in [3.05, 3.63) is 109 Å². The van der Waals surface area contributed by atoms with Crippen molar-refractivity contribution >= 4 is 66.0 Å². The molecule has 0 unspecified atom stereocenters. The van der Waals surface area contributed by atoms with Crippen molar-refractivity contribution in [1.82, 2.24) is 15.0 Å². The number of benzene rings is 5. The summed E-state index contributed by atoms with van der Waals surface area (Å²) in [5.74, 6) is 1.80. The lowest BCUT2D eigenvalue weighted by Crippen LogP contribution is -2.41. The Kier molecular flexibility index (Phi) is 6.22. The fourth-order valence-electron chi connectivity index (χ4n) is 6.37. The van der Waals surface area contributed by atoms with Crippen molar-refractivity contribution in [3.8, 4) is 34.2 Å². The Labute approximate surface area is 276 Å². The van der Waals surface area contributed by atoms with Gasteiger partial charge in [-0.1, -0.05) is 84.9 Å². The molecule has 1 fully saturated rings. The summed E-state index contributed by atoms with van der Waals surface area (Å²) in [4.78, 5) is 15.2. The van der Waals surface area contributed by atoms with Crippen LogP contribution in [-0.4, -0.2) is 33.3 Å². The summed E-state index contributed by atoms with van der Waals surface area (Å²) in [5, 5.41) is 4.40. The van der Waals surface area contributed by atoms with Crippen LogP contribution in [0.15, 0.2) is 114 Å². The van der Waals surface area contributed by atoms with E-state index >= 15 is 0 Å². The first kappa shape index (κ1) is 28.3. The Hall–Kier alpha value is -4.89. The lowest BCUT2D eigenvalue weighted by molar-refractivity contribution is 0.00578. The maximum absolute atomic E-state index is 6.56. The van der Waals surface area contributed by atoms with E-state index in [0.29, 0.717) is 17.5 Å². The van der Waals surface area contributed by atoms with Crippen LogP contribution in [0.1, 0.15) is 27.7 Å². The lowest BCUT2D eigenvalue weighted by atomic mass is 9.78. The third-order valence-electron chi connectivity index (χ3n) is 9.60. The van der Waals surface area contributed by atoms with E-state index in [1.807, 2.05) is 54.6 Å². The maximum Gasteiger partial charge on any atom is 0.494 e. The zero-order valence-corrected chi connectivity index (χ0v) is 27.3. The van der Waals surface area contributed by atoms with Gasteiger partial charge in [0, 0.05) is 42.1 Å². The number of para-hydroxylation sites is 1. The lowest BCUT2D eigenvalue weighted by Gasteiger charge is -2.32. The molecule has 47 heavy (non-hydrogen) atoms. The second-order valence-electron chi connectivity index (χ2n) is 13.1. The van der Waals surface area contributed by atoms with E-state index in [9.17, 15) is 0 Å². The number of fused-ring (bicyclic) bond motifs is 6. The predicted octanol–water partition coefficient (Wildman–Crippen LogP) is 9.44. The highest BCUT2D eigenvalue weighted by molar-refractivity contribution is 7.26. The minimum Gasteiger partial charge on any atom is -0.455 e. The molecule has 228 valence electrons. The molecule has 0 atom stereocenters. The number of nitrogens with zero attached hydrogens (tertiary/aromatic N) is 3. The van der Waals surface area contributed by atoms with Gasteiger partial charge < -0.3 is 13.7 Å². The Morgan fingerprint density at radius 1 is 0.574 bits per heavy atom. The first-order valence-electron chi connectivity index (χ1n) is 15.8. The summed E-state index contributed by atoms with van der Waals surface area (Å²) >= 11 is 1.76. The summed E-state index contributed by atoms with van der Waals surface area (Å²) in [6.45, 7) is 8.27. The van der Waals surface area contributed by atoms with Gasteiger partial charge in [0.15, 0.2) is 17.5 Å². The second kappa shape index (κ2) is 10.3. The zero-order valence-electron chi connectivity index (χ0n) is 26.4. The Morgan fingerprint density at radius 2 is 1.21 bits per heavy atom. The van der Waals surface area contributed by atoms with Gasteiger partial charge in [0.05, 0.1) is 16.8 Å². The van der Waals surface area contributed by atoms with Gasteiger partial charge in [0.25, 0.3) is 0 Å². The normalized spacial score (nSPS) is 15.8. The van der Waals surface area contributed by atoms with Gasteiger partial charge in [-0.25, -0.2) is 15.0 Å². The van der Waals surface area contributed by atoms with Crippen molar-refractivity contribution < 1.29 is 13.7 Å². The van der Waals surface area contributed by atoms with Crippen LogP contribution in [0.2, 0.25) is 0 Å². The average molecular weight is 632 g/mol. The molecule has 5 aromatic carbocycles. The minimum absolute atomic E-state index is 0.425. The van der Waals surface area contributed by atoms with Gasteiger partial charge in [-0.2, -0.15) is 0 Å². The van der Waals surface area contributed by atoms with Crippen LogP contribution in [0.25, 0.3) is 76.3 Å². The maximum atomic E-state index is 6.56. The number of furan rings is 1. The summed E-state index contributed by atoms with van der Waals surface area (Å²) < 4.78 is 21.7. The van der Waals surface area contributed by atoms with Crippen LogP contribution in [-0.2, 0) is 9.31 Å². The van der Waals surface area contributed by atoms with Crippen LogP contribution in [0.4, 0.5) is 0 Å². The molecule has 0 spiro atoms. The Bertz CT molecular complexity index is 2490. The molecule has 0 radical (unpaired) electrons. The molecule has 1 saturated heterocycles. The molecule has 6 nitrogen and oxygen atoms in total. The van der Waals surface area contributed by atoms with Gasteiger partial charge in [0.1, 0.15) is 11.2 Å². The third kappa shape index (κ3) is 4.51. The number of aromatic nitrogens is 3. The molecule has 0 saturated carbocycles. The van der Waals surface area contributed by atoms with E-state index in [-0.39, 0.29) is 0 Å². The van der Waals surface area contributed by atoms with Crippen molar-refractivity contribution in [1.29, 1.82) is 0 Å². The molecular weight excluding hydrogens is 601 g/mol. The summed E-state index contributed by atoms with van der Waals surface area (Å²) in [6.07, 6.45) is 0. The number of hydrogen-bond donors (Lipinski definition) is 0. The van der Waals surface area contributed by atoms with Crippen molar-refractivity contribution in [2.75, 3.05) is 0 Å².